The highest BCUT2D eigenvalue weighted by Gasteiger charge is 2.15. The molecule has 2 aromatic rings. The average Bonchev–Trinajstić information content (AvgIpc) is 2.60. The Balaban J connectivity index is 1.97. The number of amides is 1. The molecule has 1 N–H and O–H groups in total. The molecule has 2 rings (SSSR count). The van der Waals surface area contributed by atoms with Crippen LogP contribution in [0.25, 0.3) is 0 Å². The number of rotatable bonds is 7. The van der Waals surface area contributed by atoms with E-state index in [-0.39, 0.29) is 11.9 Å². The van der Waals surface area contributed by atoms with Crippen molar-refractivity contribution in [1.29, 1.82) is 0 Å². The molecule has 0 spiro atoms. The van der Waals surface area contributed by atoms with Crippen LogP contribution in [0.15, 0.2) is 47.4 Å². The standard InChI is InChI=1S/C19H23NO3S/c1-13-5-8-16(9-6-13)24-12-19(21)20-14(2)17-11-15(22-3)7-10-18(17)23-4/h5-11,14H,12H2,1-4H3,(H,20,21). The molecule has 128 valence electrons. The summed E-state index contributed by atoms with van der Waals surface area (Å²) in [5.41, 5.74) is 2.10. The van der Waals surface area contributed by atoms with E-state index in [0.717, 1.165) is 22.0 Å². The van der Waals surface area contributed by atoms with Gasteiger partial charge in [-0.1, -0.05) is 17.7 Å². The molecule has 0 fully saturated rings. The summed E-state index contributed by atoms with van der Waals surface area (Å²) in [6.07, 6.45) is 0. The molecule has 0 radical (unpaired) electrons. The predicted octanol–water partition coefficient (Wildman–Crippen LogP) is 3.98. The molecular formula is C19H23NO3S. The van der Waals surface area contributed by atoms with Gasteiger partial charge >= 0.3 is 0 Å². The van der Waals surface area contributed by atoms with Crippen molar-refractivity contribution < 1.29 is 14.3 Å². The molecule has 0 aliphatic carbocycles. The lowest BCUT2D eigenvalue weighted by Gasteiger charge is -2.18. The Morgan fingerprint density at radius 1 is 1.12 bits per heavy atom. The van der Waals surface area contributed by atoms with Gasteiger partial charge in [-0.2, -0.15) is 0 Å². The first-order chi connectivity index (χ1) is 11.5. The number of nitrogens with one attached hydrogen (secondary N) is 1. The van der Waals surface area contributed by atoms with Gasteiger partial charge in [-0.3, -0.25) is 4.79 Å². The van der Waals surface area contributed by atoms with Crippen molar-refractivity contribution in [2.45, 2.75) is 24.8 Å². The van der Waals surface area contributed by atoms with Gasteiger partial charge < -0.3 is 14.8 Å². The second kappa shape index (κ2) is 8.64. The van der Waals surface area contributed by atoms with Crippen molar-refractivity contribution in [2.24, 2.45) is 0 Å². The summed E-state index contributed by atoms with van der Waals surface area (Å²) in [6.45, 7) is 3.98. The number of carbonyl (C=O) groups is 1. The number of thioether (sulfide) groups is 1. The number of hydrogen-bond acceptors (Lipinski definition) is 4. The smallest absolute Gasteiger partial charge is 0.230 e. The van der Waals surface area contributed by atoms with Crippen LogP contribution in [-0.4, -0.2) is 25.9 Å². The monoisotopic (exact) mass is 345 g/mol. The Hall–Kier alpha value is -2.14. The van der Waals surface area contributed by atoms with E-state index in [4.69, 9.17) is 9.47 Å². The number of carbonyl (C=O) groups excluding carboxylic acids is 1. The third-order valence-electron chi connectivity index (χ3n) is 3.67. The zero-order valence-electron chi connectivity index (χ0n) is 14.5. The van der Waals surface area contributed by atoms with Crippen LogP contribution in [0.5, 0.6) is 11.5 Å². The van der Waals surface area contributed by atoms with Crippen LogP contribution in [0.3, 0.4) is 0 Å². The summed E-state index contributed by atoms with van der Waals surface area (Å²) in [4.78, 5) is 13.3. The van der Waals surface area contributed by atoms with E-state index in [0.29, 0.717) is 5.75 Å². The molecule has 0 aromatic heterocycles. The van der Waals surface area contributed by atoms with Crippen LogP contribution in [0, 0.1) is 6.92 Å². The average molecular weight is 345 g/mol. The van der Waals surface area contributed by atoms with Crippen molar-refractivity contribution in [3.8, 4) is 11.5 Å². The molecule has 4 nitrogen and oxygen atoms in total. The lowest BCUT2D eigenvalue weighted by molar-refractivity contribution is -0.119. The molecule has 24 heavy (non-hydrogen) atoms. The van der Waals surface area contributed by atoms with Gasteiger partial charge in [0.05, 0.1) is 26.0 Å². The van der Waals surface area contributed by atoms with Gasteiger partial charge in [0.15, 0.2) is 0 Å². The first-order valence-electron chi connectivity index (χ1n) is 7.74. The summed E-state index contributed by atoms with van der Waals surface area (Å²) in [6, 6.07) is 13.6. The first kappa shape index (κ1) is 18.2. The van der Waals surface area contributed by atoms with E-state index in [1.165, 1.54) is 17.3 Å². The molecular weight excluding hydrogens is 322 g/mol. The van der Waals surface area contributed by atoms with Crippen LogP contribution in [-0.2, 0) is 4.79 Å². The van der Waals surface area contributed by atoms with Gasteiger partial charge in [0.25, 0.3) is 0 Å². The summed E-state index contributed by atoms with van der Waals surface area (Å²) < 4.78 is 10.6. The van der Waals surface area contributed by atoms with E-state index < -0.39 is 0 Å². The lowest BCUT2D eigenvalue weighted by Crippen LogP contribution is -2.28. The van der Waals surface area contributed by atoms with Crippen LogP contribution < -0.4 is 14.8 Å². The Bertz CT molecular complexity index is 686. The minimum absolute atomic E-state index is 0.0158. The molecule has 5 heteroatoms. The van der Waals surface area contributed by atoms with Crippen LogP contribution in [0.4, 0.5) is 0 Å². The molecule has 2 aromatic carbocycles. The number of aryl methyl sites for hydroxylation is 1. The second-order valence-corrected chi connectivity index (χ2v) is 6.55. The van der Waals surface area contributed by atoms with Crippen LogP contribution in [0.1, 0.15) is 24.1 Å². The molecule has 0 saturated heterocycles. The predicted molar refractivity (Wildman–Crippen MR) is 98.0 cm³/mol. The third-order valence-corrected chi connectivity index (χ3v) is 4.68. The molecule has 0 aliphatic rings. The van der Waals surface area contributed by atoms with Crippen molar-refractivity contribution in [2.75, 3.05) is 20.0 Å². The van der Waals surface area contributed by atoms with Gasteiger partial charge in [0.1, 0.15) is 11.5 Å². The fourth-order valence-electron chi connectivity index (χ4n) is 2.32. The lowest BCUT2D eigenvalue weighted by atomic mass is 10.1. The van der Waals surface area contributed by atoms with Crippen LogP contribution in [0.2, 0.25) is 0 Å². The van der Waals surface area contributed by atoms with Crippen molar-refractivity contribution in [1.82, 2.24) is 5.32 Å². The number of ether oxygens (including phenoxy) is 2. The van der Waals surface area contributed by atoms with E-state index in [1.54, 1.807) is 14.2 Å². The largest absolute Gasteiger partial charge is 0.497 e. The zero-order valence-corrected chi connectivity index (χ0v) is 15.3. The van der Waals surface area contributed by atoms with Crippen molar-refractivity contribution >= 4 is 17.7 Å². The van der Waals surface area contributed by atoms with Gasteiger partial charge in [-0.05, 0) is 44.2 Å². The topological polar surface area (TPSA) is 47.6 Å². The molecule has 1 atom stereocenters. The molecule has 1 amide bonds. The number of methoxy groups -OCH3 is 2. The maximum atomic E-state index is 12.2. The molecule has 0 heterocycles. The maximum Gasteiger partial charge on any atom is 0.230 e. The minimum atomic E-state index is -0.166. The number of benzene rings is 2. The van der Waals surface area contributed by atoms with E-state index >= 15 is 0 Å². The Morgan fingerprint density at radius 2 is 1.83 bits per heavy atom. The third kappa shape index (κ3) is 4.93. The van der Waals surface area contributed by atoms with Crippen molar-refractivity contribution in [3.63, 3.8) is 0 Å². The summed E-state index contributed by atoms with van der Waals surface area (Å²) >= 11 is 1.52. The molecule has 0 bridgehead atoms. The van der Waals surface area contributed by atoms with Gasteiger partial charge in [-0.25, -0.2) is 0 Å². The van der Waals surface area contributed by atoms with Crippen LogP contribution >= 0.6 is 11.8 Å². The van der Waals surface area contributed by atoms with Crippen molar-refractivity contribution in [3.05, 3.63) is 53.6 Å². The second-order valence-electron chi connectivity index (χ2n) is 5.50. The molecule has 1 unspecified atom stereocenters. The first-order valence-corrected chi connectivity index (χ1v) is 8.72. The normalized spacial score (nSPS) is 11.7. The van der Waals surface area contributed by atoms with Gasteiger partial charge in [0.2, 0.25) is 5.91 Å². The maximum absolute atomic E-state index is 12.2. The summed E-state index contributed by atoms with van der Waals surface area (Å²) in [5, 5.41) is 3.01. The minimum Gasteiger partial charge on any atom is -0.497 e. The van der Waals surface area contributed by atoms with Gasteiger partial charge in [-0.15, -0.1) is 11.8 Å². The summed E-state index contributed by atoms with van der Waals surface area (Å²) in [5.74, 6) is 1.83. The molecule has 0 aliphatic heterocycles. The quantitative estimate of drug-likeness (QED) is 0.771. The zero-order chi connectivity index (χ0) is 17.5. The highest BCUT2D eigenvalue weighted by molar-refractivity contribution is 8.00. The highest BCUT2D eigenvalue weighted by Crippen LogP contribution is 2.29. The van der Waals surface area contributed by atoms with E-state index in [1.807, 2.05) is 56.3 Å². The fraction of sp³-hybridized carbons (Fsp3) is 0.316. The number of hydrogen-bond donors (Lipinski definition) is 1. The van der Waals surface area contributed by atoms with Gasteiger partial charge in [0, 0.05) is 10.5 Å². The summed E-state index contributed by atoms with van der Waals surface area (Å²) in [7, 11) is 3.24. The Labute approximate surface area is 147 Å². The SMILES string of the molecule is COc1ccc(OC)c(C(C)NC(=O)CSc2ccc(C)cc2)c1. The van der Waals surface area contributed by atoms with E-state index in [2.05, 4.69) is 5.32 Å². The molecule has 0 saturated carbocycles. The Morgan fingerprint density at radius 3 is 2.46 bits per heavy atom. The fourth-order valence-corrected chi connectivity index (χ4v) is 3.03. The Kier molecular flexibility index (Phi) is 6.55. The van der Waals surface area contributed by atoms with E-state index in [9.17, 15) is 4.79 Å². The highest BCUT2D eigenvalue weighted by atomic mass is 32.2.